The zero-order valence-electron chi connectivity index (χ0n) is 20.3. The number of carbonyl (C=O) groups excluding carboxylic acids is 1. The summed E-state index contributed by atoms with van der Waals surface area (Å²) in [5.41, 5.74) is 11.3. The van der Waals surface area contributed by atoms with Gasteiger partial charge in [-0.15, -0.1) is 11.3 Å². The van der Waals surface area contributed by atoms with E-state index in [-0.39, 0.29) is 11.9 Å². The molecule has 3 aromatic rings. The van der Waals surface area contributed by atoms with E-state index < -0.39 is 0 Å². The van der Waals surface area contributed by atoms with Gasteiger partial charge >= 0.3 is 0 Å². The van der Waals surface area contributed by atoms with Crippen molar-refractivity contribution < 1.29 is 4.79 Å². The molecule has 1 unspecified atom stereocenters. The van der Waals surface area contributed by atoms with Crippen LogP contribution in [0.4, 0.5) is 5.69 Å². The highest BCUT2D eigenvalue weighted by molar-refractivity contribution is 7.13. The average Bonchev–Trinajstić information content (AvgIpc) is 3.38. The van der Waals surface area contributed by atoms with Crippen LogP contribution in [0.2, 0.25) is 10.0 Å². The Morgan fingerprint density at radius 1 is 1.06 bits per heavy atom. The van der Waals surface area contributed by atoms with E-state index in [2.05, 4.69) is 54.5 Å². The second-order valence-electron chi connectivity index (χ2n) is 9.59. The van der Waals surface area contributed by atoms with E-state index in [9.17, 15) is 4.79 Å². The van der Waals surface area contributed by atoms with Gasteiger partial charge in [0.05, 0.1) is 0 Å². The molecule has 0 bridgehead atoms. The molecule has 1 saturated heterocycles. The molecule has 0 saturated carbocycles. The summed E-state index contributed by atoms with van der Waals surface area (Å²) in [7, 11) is 0. The van der Waals surface area contributed by atoms with E-state index in [4.69, 9.17) is 28.9 Å². The molecule has 4 rings (SSSR count). The van der Waals surface area contributed by atoms with Crippen LogP contribution in [0.25, 0.3) is 10.4 Å². The van der Waals surface area contributed by atoms with Gasteiger partial charge in [0.1, 0.15) is 0 Å². The summed E-state index contributed by atoms with van der Waals surface area (Å²) in [6.07, 6.45) is 2.00. The molecule has 186 valence electrons. The second kappa shape index (κ2) is 11.8. The summed E-state index contributed by atoms with van der Waals surface area (Å²) >= 11 is 14.0. The van der Waals surface area contributed by atoms with Crippen LogP contribution in [-0.4, -0.2) is 37.0 Å². The number of halogens is 2. The van der Waals surface area contributed by atoms with Crippen molar-refractivity contribution in [1.29, 1.82) is 0 Å². The van der Waals surface area contributed by atoms with Gasteiger partial charge in [0, 0.05) is 59.3 Å². The van der Waals surface area contributed by atoms with Crippen molar-refractivity contribution in [3.63, 3.8) is 0 Å². The molecule has 0 spiro atoms. The highest BCUT2D eigenvalue weighted by Gasteiger charge is 2.24. The molecule has 1 atom stereocenters. The lowest BCUT2D eigenvalue weighted by molar-refractivity contribution is -0.131. The zero-order valence-corrected chi connectivity index (χ0v) is 22.7. The van der Waals surface area contributed by atoms with Crippen molar-refractivity contribution in [3.8, 4) is 10.4 Å². The number of piperazine rings is 1. The predicted molar refractivity (Wildman–Crippen MR) is 150 cm³/mol. The van der Waals surface area contributed by atoms with Crippen LogP contribution in [0.15, 0.2) is 53.9 Å². The second-order valence-corrected chi connectivity index (χ2v) is 11.4. The number of rotatable bonds is 8. The van der Waals surface area contributed by atoms with Gasteiger partial charge in [-0.2, -0.15) is 0 Å². The Bertz CT molecular complexity index is 1140. The first kappa shape index (κ1) is 26.0. The van der Waals surface area contributed by atoms with Crippen molar-refractivity contribution in [2.75, 3.05) is 31.1 Å². The number of carbonyl (C=O) groups is 1. The van der Waals surface area contributed by atoms with Crippen LogP contribution in [-0.2, 0) is 11.2 Å². The molecule has 2 N–H and O–H groups in total. The van der Waals surface area contributed by atoms with Crippen LogP contribution in [0, 0.1) is 5.92 Å². The number of hydrogen-bond donors (Lipinski definition) is 1. The summed E-state index contributed by atoms with van der Waals surface area (Å²) in [4.78, 5) is 18.5. The lowest BCUT2D eigenvalue weighted by atomic mass is 9.94. The standard InChI is InChI=1S/C28H33Cl2N3OS/c1-19(2)16-25(31)23-17-21(27-4-3-15-35-27)6-9-26(23)32-11-13-33(14-12-32)28(34)10-7-20-5-8-22(29)18-24(20)30/h3-6,8-9,15,17-19,25H,7,10-14,16,31H2,1-2H3. The van der Waals surface area contributed by atoms with Gasteiger partial charge in [-0.25, -0.2) is 0 Å². The first-order chi connectivity index (χ1) is 16.8. The maximum Gasteiger partial charge on any atom is 0.223 e. The van der Waals surface area contributed by atoms with Crippen molar-refractivity contribution in [2.45, 2.75) is 39.2 Å². The van der Waals surface area contributed by atoms with Crippen LogP contribution in [0.3, 0.4) is 0 Å². The monoisotopic (exact) mass is 529 g/mol. The average molecular weight is 531 g/mol. The molecule has 2 heterocycles. The minimum absolute atomic E-state index is 0.0197. The number of amides is 1. The van der Waals surface area contributed by atoms with E-state index >= 15 is 0 Å². The fraction of sp³-hybridized carbons (Fsp3) is 0.393. The molecule has 0 radical (unpaired) electrons. The molecule has 7 heteroatoms. The quantitative estimate of drug-likeness (QED) is 0.340. The molecule has 35 heavy (non-hydrogen) atoms. The Balaban J connectivity index is 1.42. The summed E-state index contributed by atoms with van der Waals surface area (Å²) in [6.45, 7) is 7.44. The van der Waals surface area contributed by atoms with Crippen molar-refractivity contribution in [2.24, 2.45) is 11.7 Å². The Hall–Kier alpha value is -2.05. The molecule has 1 amide bonds. The van der Waals surface area contributed by atoms with Gasteiger partial charge < -0.3 is 15.5 Å². The number of hydrogen-bond acceptors (Lipinski definition) is 4. The molecule has 1 aliphatic heterocycles. The third-order valence-electron chi connectivity index (χ3n) is 6.55. The summed E-state index contributed by atoms with van der Waals surface area (Å²) < 4.78 is 0. The van der Waals surface area contributed by atoms with Gasteiger partial charge in [-0.1, -0.05) is 55.2 Å². The maximum absolute atomic E-state index is 12.9. The van der Waals surface area contributed by atoms with Gasteiger partial charge in [0.15, 0.2) is 0 Å². The topological polar surface area (TPSA) is 49.6 Å². The molecule has 4 nitrogen and oxygen atoms in total. The number of aryl methyl sites for hydroxylation is 1. The molecule has 1 fully saturated rings. The molecule has 1 aromatic heterocycles. The Kier molecular flexibility index (Phi) is 8.77. The molecule has 0 aliphatic carbocycles. The van der Waals surface area contributed by atoms with Crippen LogP contribution in [0.5, 0.6) is 0 Å². The SMILES string of the molecule is CC(C)CC(N)c1cc(-c2cccs2)ccc1N1CCN(C(=O)CCc2ccc(Cl)cc2Cl)CC1. The van der Waals surface area contributed by atoms with E-state index in [1.807, 2.05) is 17.0 Å². The van der Waals surface area contributed by atoms with Crippen LogP contribution in [0.1, 0.15) is 43.9 Å². The first-order valence-electron chi connectivity index (χ1n) is 12.2. The minimum atomic E-state index is -0.0197. The maximum atomic E-state index is 12.9. The number of thiophene rings is 1. The molecular weight excluding hydrogens is 497 g/mol. The van der Waals surface area contributed by atoms with Crippen molar-refractivity contribution in [3.05, 3.63) is 75.1 Å². The highest BCUT2D eigenvalue weighted by Crippen LogP contribution is 2.35. The number of nitrogens with two attached hydrogens (primary N) is 1. The molecule has 2 aromatic carbocycles. The van der Waals surface area contributed by atoms with Gasteiger partial charge in [-0.05, 0) is 71.2 Å². The zero-order chi connectivity index (χ0) is 24.9. The van der Waals surface area contributed by atoms with Gasteiger partial charge in [-0.3, -0.25) is 4.79 Å². The summed E-state index contributed by atoms with van der Waals surface area (Å²) in [6, 6.07) is 16.3. The Morgan fingerprint density at radius 2 is 1.83 bits per heavy atom. The lowest BCUT2D eigenvalue weighted by Gasteiger charge is -2.38. The number of benzene rings is 2. The first-order valence-corrected chi connectivity index (χ1v) is 13.9. The smallest absolute Gasteiger partial charge is 0.223 e. The fourth-order valence-electron chi connectivity index (χ4n) is 4.69. The molecular formula is C28H33Cl2N3OS. The van der Waals surface area contributed by atoms with E-state index in [1.54, 1.807) is 17.4 Å². The summed E-state index contributed by atoms with van der Waals surface area (Å²) in [5.74, 6) is 0.687. The lowest BCUT2D eigenvalue weighted by Crippen LogP contribution is -2.49. The third kappa shape index (κ3) is 6.59. The van der Waals surface area contributed by atoms with E-state index in [1.165, 1.54) is 21.7 Å². The predicted octanol–water partition coefficient (Wildman–Crippen LogP) is 7.05. The van der Waals surface area contributed by atoms with Gasteiger partial charge in [0.25, 0.3) is 0 Å². The highest BCUT2D eigenvalue weighted by atomic mass is 35.5. The van der Waals surface area contributed by atoms with Gasteiger partial charge in [0.2, 0.25) is 5.91 Å². The Labute approximate surface area is 222 Å². The van der Waals surface area contributed by atoms with E-state index in [0.717, 1.165) is 25.1 Å². The van der Waals surface area contributed by atoms with Crippen LogP contribution >= 0.6 is 34.5 Å². The van der Waals surface area contributed by atoms with Crippen molar-refractivity contribution in [1.82, 2.24) is 4.90 Å². The minimum Gasteiger partial charge on any atom is -0.368 e. The summed E-state index contributed by atoms with van der Waals surface area (Å²) in [5, 5.41) is 3.33. The largest absolute Gasteiger partial charge is 0.368 e. The third-order valence-corrected chi connectivity index (χ3v) is 8.06. The Morgan fingerprint density at radius 3 is 2.49 bits per heavy atom. The van der Waals surface area contributed by atoms with Crippen LogP contribution < -0.4 is 10.6 Å². The van der Waals surface area contributed by atoms with E-state index in [0.29, 0.717) is 41.9 Å². The molecule has 1 aliphatic rings. The fourth-order valence-corrected chi connectivity index (χ4v) is 5.92. The number of nitrogens with zero attached hydrogens (tertiary/aromatic N) is 2. The normalized spacial score (nSPS) is 15.0. The number of anilines is 1. The van der Waals surface area contributed by atoms with Crippen molar-refractivity contribution >= 4 is 46.1 Å².